The lowest BCUT2D eigenvalue weighted by Crippen LogP contribution is -2.26. The van der Waals surface area contributed by atoms with Crippen LogP contribution in [0.1, 0.15) is 21.7 Å². The molecule has 0 bridgehead atoms. The number of aryl methyl sites for hydroxylation is 1. The average molecular weight is 359 g/mol. The summed E-state index contributed by atoms with van der Waals surface area (Å²) in [6, 6.07) is 14.1. The van der Waals surface area contributed by atoms with Gasteiger partial charge in [0.1, 0.15) is 22.8 Å². The molecule has 1 heterocycles. The third kappa shape index (κ3) is 3.72. The van der Waals surface area contributed by atoms with Gasteiger partial charge in [-0.1, -0.05) is 53.2 Å². The number of amides is 1. The molecule has 0 saturated heterocycles. The predicted molar refractivity (Wildman–Crippen MR) is 94.1 cm³/mol. The molecule has 6 heteroatoms. The molecular weight excluding hydrogens is 343 g/mol. The summed E-state index contributed by atoms with van der Waals surface area (Å²) >= 11 is 6.08. The summed E-state index contributed by atoms with van der Waals surface area (Å²) in [5.41, 5.74) is 1.48. The number of halogens is 2. The molecule has 0 fully saturated rings. The largest absolute Gasteiger partial charge is 0.360 e. The van der Waals surface area contributed by atoms with Crippen LogP contribution in [0.5, 0.6) is 0 Å². The van der Waals surface area contributed by atoms with Crippen LogP contribution in [0.2, 0.25) is 5.02 Å². The van der Waals surface area contributed by atoms with Gasteiger partial charge in [0.2, 0.25) is 0 Å². The van der Waals surface area contributed by atoms with E-state index in [0.717, 1.165) is 5.56 Å². The van der Waals surface area contributed by atoms with Crippen molar-refractivity contribution in [1.29, 1.82) is 0 Å². The number of carbonyl (C=O) groups is 1. The fourth-order valence-electron chi connectivity index (χ4n) is 2.59. The molecule has 25 heavy (non-hydrogen) atoms. The van der Waals surface area contributed by atoms with Crippen molar-refractivity contribution in [2.45, 2.75) is 13.3 Å². The van der Waals surface area contributed by atoms with Crippen molar-refractivity contribution in [3.05, 3.63) is 76.3 Å². The van der Waals surface area contributed by atoms with Gasteiger partial charge < -0.3 is 9.84 Å². The quantitative estimate of drug-likeness (QED) is 0.734. The number of carbonyl (C=O) groups excluding carboxylic acids is 1. The number of hydrogen-bond donors (Lipinski definition) is 1. The summed E-state index contributed by atoms with van der Waals surface area (Å²) in [5, 5.41) is 6.83. The molecule has 128 valence electrons. The van der Waals surface area contributed by atoms with Gasteiger partial charge in [0.15, 0.2) is 0 Å². The minimum absolute atomic E-state index is 0.0641. The van der Waals surface area contributed by atoms with Crippen molar-refractivity contribution in [1.82, 2.24) is 10.5 Å². The highest BCUT2D eigenvalue weighted by Crippen LogP contribution is 2.33. The van der Waals surface area contributed by atoms with E-state index in [0.29, 0.717) is 18.7 Å². The van der Waals surface area contributed by atoms with E-state index in [9.17, 15) is 9.18 Å². The zero-order chi connectivity index (χ0) is 17.8. The van der Waals surface area contributed by atoms with Crippen molar-refractivity contribution in [3.8, 4) is 11.3 Å². The fourth-order valence-corrected chi connectivity index (χ4v) is 2.84. The minimum Gasteiger partial charge on any atom is -0.360 e. The predicted octanol–water partition coefficient (Wildman–Crippen LogP) is 4.42. The van der Waals surface area contributed by atoms with Crippen LogP contribution in [0.15, 0.2) is 53.1 Å². The van der Waals surface area contributed by atoms with Crippen LogP contribution in [-0.2, 0) is 6.42 Å². The summed E-state index contributed by atoms with van der Waals surface area (Å²) in [6.45, 7) is 2.05. The second kappa shape index (κ2) is 7.49. The van der Waals surface area contributed by atoms with Gasteiger partial charge >= 0.3 is 0 Å². The maximum atomic E-state index is 14.2. The number of hydrogen-bond acceptors (Lipinski definition) is 3. The lowest BCUT2D eigenvalue weighted by Gasteiger charge is -2.07. The minimum atomic E-state index is -0.556. The monoisotopic (exact) mass is 358 g/mol. The summed E-state index contributed by atoms with van der Waals surface area (Å²) in [7, 11) is 0. The van der Waals surface area contributed by atoms with E-state index in [-0.39, 0.29) is 27.8 Å². The number of benzene rings is 2. The highest BCUT2D eigenvalue weighted by molar-refractivity contribution is 6.33. The van der Waals surface area contributed by atoms with Crippen molar-refractivity contribution in [2.75, 3.05) is 6.54 Å². The molecule has 0 atom stereocenters. The number of rotatable bonds is 5. The first-order valence-corrected chi connectivity index (χ1v) is 8.18. The van der Waals surface area contributed by atoms with Crippen LogP contribution in [0.3, 0.4) is 0 Å². The smallest absolute Gasteiger partial charge is 0.257 e. The van der Waals surface area contributed by atoms with Crippen LogP contribution in [0, 0.1) is 12.7 Å². The van der Waals surface area contributed by atoms with Gasteiger partial charge in [-0.3, -0.25) is 4.79 Å². The third-order valence-corrected chi connectivity index (χ3v) is 4.15. The van der Waals surface area contributed by atoms with E-state index in [2.05, 4.69) is 10.5 Å². The van der Waals surface area contributed by atoms with Crippen LogP contribution in [-0.4, -0.2) is 17.6 Å². The maximum Gasteiger partial charge on any atom is 0.257 e. The van der Waals surface area contributed by atoms with E-state index < -0.39 is 5.82 Å². The Morgan fingerprint density at radius 3 is 2.68 bits per heavy atom. The van der Waals surface area contributed by atoms with Crippen molar-refractivity contribution >= 4 is 17.5 Å². The van der Waals surface area contributed by atoms with Gasteiger partial charge in [0, 0.05) is 6.54 Å². The molecule has 0 spiro atoms. The fraction of sp³-hybridized carbons (Fsp3) is 0.158. The molecular formula is C19H16ClFN2O2. The number of nitrogens with zero attached hydrogens (tertiary/aromatic N) is 1. The molecule has 3 aromatic rings. The lowest BCUT2D eigenvalue weighted by atomic mass is 10.0. The first-order valence-electron chi connectivity index (χ1n) is 7.80. The van der Waals surface area contributed by atoms with Crippen LogP contribution >= 0.6 is 11.6 Å². The van der Waals surface area contributed by atoms with Gasteiger partial charge in [-0.2, -0.15) is 0 Å². The molecule has 1 aromatic heterocycles. The summed E-state index contributed by atoms with van der Waals surface area (Å²) in [5.74, 6) is -0.616. The summed E-state index contributed by atoms with van der Waals surface area (Å²) in [4.78, 5) is 12.6. The second-order valence-corrected chi connectivity index (χ2v) is 5.96. The highest BCUT2D eigenvalue weighted by atomic mass is 35.5. The Morgan fingerprint density at radius 2 is 1.96 bits per heavy atom. The molecule has 4 nitrogen and oxygen atoms in total. The Morgan fingerprint density at radius 1 is 1.20 bits per heavy atom. The van der Waals surface area contributed by atoms with Crippen molar-refractivity contribution < 1.29 is 13.7 Å². The molecule has 0 unspecified atom stereocenters. The standard InChI is InChI=1S/C19H16ClFN2O2/c1-12-16(19(24)22-11-10-13-6-3-2-4-7-13)18(23-25-12)17-14(20)8-5-9-15(17)21/h2-9H,10-11H2,1H3,(H,22,24). The second-order valence-electron chi connectivity index (χ2n) is 5.55. The molecule has 2 aromatic carbocycles. The van der Waals surface area contributed by atoms with E-state index in [1.165, 1.54) is 12.1 Å². The Bertz CT molecular complexity index is 873. The molecule has 0 aliphatic rings. The molecule has 0 aliphatic heterocycles. The van der Waals surface area contributed by atoms with Crippen molar-refractivity contribution in [2.24, 2.45) is 0 Å². The zero-order valence-corrected chi connectivity index (χ0v) is 14.3. The van der Waals surface area contributed by atoms with Gasteiger partial charge in [0.05, 0.1) is 10.6 Å². The third-order valence-electron chi connectivity index (χ3n) is 3.83. The Hall–Kier alpha value is -2.66. The van der Waals surface area contributed by atoms with E-state index in [1.54, 1.807) is 13.0 Å². The highest BCUT2D eigenvalue weighted by Gasteiger charge is 2.25. The van der Waals surface area contributed by atoms with E-state index >= 15 is 0 Å². The number of aromatic nitrogens is 1. The van der Waals surface area contributed by atoms with Crippen LogP contribution in [0.25, 0.3) is 11.3 Å². The molecule has 1 amide bonds. The number of nitrogens with one attached hydrogen (secondary N) is 1. The maximum absolute atomic E-state index is 14.2. The van der Waals surface area contributed by atoms with Gasteiger partial charge in [-0.25, -0.2) is 4.39 Å². The van der Waals surface area contributed by atoms with Gasteiger partial charge in [-0.05, 0) is 31.0 Å². The molecule has 0 aliphatic carbocycles. The first kappa shape index (κ1) is 17.2. The van der Waals surface area contributed by atoms with Crippen molar-refractivity contribution in [3.63, 3.8) is 0 Å². The van der Waals surface area contributed by atoms with Crippen LogP contribution in [0.4, 0.5) is 4.39 Å². The molecule has 0 saturated carbocycles. The van der Waals surface area contributed by atoms with Crippen LogP contribution < -0.4 is 5.32 Å². The first-order chi connectivity index (χ1) is 12.1. The van der Waals surface area contributed by atoms with Gasteiger partial charge in [0.25, 0.3) is 5.91 Å². The van der Waals surface area contributed by atoms with Gasteiger partial charge in [-0.15, -0.1) is 0 Å². The van der Waals surface area contributed by atoms with E-state index in [1.807, 2.05) is 30.3 Å². The molecule has 3 rings (SSSR count). The molecule has 0 radical (unpaired) electrons. The lowest BCUT2D eigenvalue weighted by molar-refractivity contribution is 0.0953. The zero-order valence-electron chi connectivity index (χ0n) is 13.6. The van der Waals surface area contributed by atoms with E-state index in [4.69, 9.17) is 16.1 Å². The summed E-state index contributed by atoms with van der Waals surface area (Å²) < 4.78 is 19.3. The average Bonchev–Trinajstić information content (AvgIpc) is 2.97. The Kier molecular flexibility index (Phi) is 5.14. The summed E-state index contributed by atoms with van der Waals surface area (Å²) in [6.07, 6.45) is 0.687. The Balaban J connectivity index is 1.81. The topological polar surface area (TPSA) is 55.1 Å². The Labute approximate surface area is 149 Å². The molecule has 1 N–H and O–H groups in total. The SMILES string of the molecule is Cc1onc(-c2c(F)cccc2Cl)c1C(=O)NCCc1ccccc1. The normalized spacial score (nSPS) is 10.7.